The summed E-state index contributed by atoms with van der Waals surface area (Å²) in [5.41, 5.74) is 7.77. The van der Waals surface area contributed by atoms with E-state index in [4.69, 9.17) is 5.73 Å². The third-order valence-electron chi connectivity index (χ3n) is 2.14. The summed E-state index contributed by atoms with van der Waals surface area (Å²) in [5.74, 6) is -0.360. The van der Waals surface area contributed by atoms with Crippen LogP contribution in [0.5, 0.6) is 0 Å². The third-order valence-corrected chi connectivity index (χ3v) is 2.14. The Morgan fingerprint density at radius 1 is 1.15 bits per heavy atom. The summed E-state index contributed by atoms with van der Waals surface area (Å²) in [7, 11) is 0. The molecule has 0 heterocycles. The van der Waals surface area contributed by atoms with Crippen molar-refractivity contribution in [3.05, 3.63) is 41.5 Å². The van der Waals surface area contributed by atoms with Crippen molar-refractivity contribution < 1.29 is 4.79 Å². The molecule has 0 unspecified atom stereocenters. The number of rotatable bonds is 2. The second-order valence-electron chi connectivity index (χ2n) is 2.98. The summed E-state index contributed by atoms with van der Waals surface area (Å²) < 4.78 is 0. The van der Waals surface area contributed by atoms with Crippen LogP contribution in [0.2, 0.25) is 0 Å². The van der Waals surface area contributed by atoms with Gasteiger partial charge in [0, 0.05) is 5.57 Å². The lowest BCUT2D eigenvalue weighted by Crippen LogP contribution is -2.12. The Morgan fingerprint density at radius 3 is 2.15 bits per heavy atom. The van der Waals surface area contributed by atoms with Crippen LogP contribution >= 0.6 is 0 Å². The van der Waals surface area contributed by atoms with Crippen molar-refractivity contribution in [2.24, 2.45) is 5.73 Å². The first-order chi connectivity index (χ1) is 6.13. The van der Waals surface area contributed by atoms with E-state index in [9.17, 15) is 4.79 Å². The van der Waals surface area contributed by atoms with E-state index in [-0.39, 0.29) is 5.91 Å². The molecule has 0 bridgehead atoms. The quantitative estimate of drug-likeness (QED) is 0.686. The van der Waals surface area contributed by atoms with E-state index in [1.54, 1.807) is 6.92 Å². The van der Waals surface area contributed by atoms with E-state index < -0.39 is 0 Å². The molecule has 13 heavy (non-hydrogen) atoms. The van der Waals surface area contributed by atoms with Gasteiger partial charge in [-0.25, -0.2) is 0 Å². The molecule has 0 spiro atoms. The summed E-state index contributed by atoms with van der Waals surface area (Å²) in [6.07, 6.45) is 0. The maximum atomic E-state index is 10.9. The fraction of sp³-hybridized carbons (Fsp3) is 0.182. The molecule has 0 aromatic heterocycles. The molecule has 0 atom stereocenters. The number of allylic oxidation sites excluding steroid dienone is 1. The Hall–Kier alpha value is -1.57. The van der Waals surface area contributed by atoms with Crippen molar-refractivity contribution in [3.63, 3.8) is 0 Å². The van der Waals surface area contributed by atoms with Gasteiger partial charge in [0.1, 0.15) is 0 Å². The number of hydrogen-bond acceptors (Lipinski definition) is 1. The first-order valence-electron chi connectivity index (χ1n) is 4.15. The molecule has 0 aliphatic carbocycles. The lowest BCUT2D eigenvalue weighted by molar-refractivity contribution is -0.114. The zero-order valence-corrected chi connectivity index (χ0v) is 7.87. The molecule has 0 saturated carbocycles. The van der Waals surface area contributed by atoms with Gasteiger partial charge in [-0.1, -0.05) is 30.3 Å². The molecule has 1 aromatic rings. The molecule has 0 aliphatic heterocycles. The van der Waals surface area contributed by atoms with Gasteiger partial charge in [0.05, 0.1) is 0 Å². The number of primary amides is 1. The molecule has 0 radical (unpaired) electrons. The van der Waals surface area contributed by atoms with Crippen LogP contribution in [-0.2, 0) is 4.79 Å². The zero-order valence-electron chi connectivity index (χ0n) is 7.87. The number of nitrogens with two attached hydrogens (primary N) is 1. The summed E-state index contributed by atoms with van der Waals surface area (Å²) in [6, 6.07) is 9.74. The van der Waals surface area contributed by atoms with Crippen LogP contribution in [0.15, 0.2) is 35.9 Å². The number of carbonyl (C=O) groups excluding carboxylic acids is 1. The topological polar surface area (TPSA) is 43.1 Å². The molecule has 1 aromatic carbocycles. The van der Waals surface area contributed by atoms with Crippen LogP contribution in [0.25, 0.3) is 5.57 Å². The molecule has 1 rings (SSSR count). The van der Waals surface area contributed by atoms with E-state index in [0.29, 0.717) is 5.57 Å². The monoisotopic (exact) mass is 175 g/mol. The average molecular weight is 175 g/mol. The van der Waals surface area contributed by atoms with Crippen molar-refractivity contribution in [2.75, 3.05) is 0 Å². The van der Waals surface area contributed by atoms with E-state index in [2.05, 4.69) is 0 Å². The van der Waals surface area contributed by atoms with Gasteiger partial charge in [-0.2, -0.15) is 0 Å². The molecule has 1 amide bonds. The Balaban J connectivity index is 3.11. The second kappa shape index (κ2) is 3.90. The van der Waals surface area contributed by atoms with E-state index in [1.807, 2.05) is 37.3 Å². The average Bonchev–Trinajstić information content (AvgIpc) is 2.17. The van der Waals surface area contributed by atoms with Gasteiger partial charge in [-0.15, -0.1) is 0 Å². The van der Waals surface area contributed by atoms with Gasteiger partial charge in [-0.05, 0) is 25.0 Å². The van der Waals surface area contributed by atoms with Gasteiger partial charge < -0.3 is 5.73 Å². The van der Waals surface area contributed by atoms with Crippen molar-refractivity contribution >= 4 is 11.5 Å². The Bertz CT molecular complexity index is 338. The Kier molecular flexibility index (Phi) is 2.85. The predicted octanol–water partition coefficient (Wildman–Crippen LogP) is 1.97. The molecule has 2 N–H and O–H groups in total. The predicted molar refractivity (Wildman–Crippen MR) is 53.9 cm³/mol. The van der Waals surface area contributed by atoms with Crippen LogP contribution in [0.1, 0.15) is 19.4 Å². The highest BCUT2D eigenvalue weighted by atomic mass is 16.1. The maximum Gasteiger partial charge on any atom is 0.244 e. The smallest absolute Gasteiger partial charge is 0.244 e. The van der Waals surface area contributed by atoms with Crippen LogP contribution in [-0.4, -0.2) is 5.91 Å². The fourth-order valence-electron chi connectivity index (χ4n) is 1.09. The molecule has 0 fully saturated rings. The molecule has 2 heteroatoms. The lowest BCUT2D eigenvalue weighted by atomic mass is 10.0. The molecular weight excluding hydrogens is 162 g/mol. The number of benzene rings is 1. The van der Waals surface area contributed by atoms with Crippen LogP contribution < -0.4 is 5.73 Å². The van der Waals surface area contributed by atoms with E-state index in [1.165, 1.54) is 0 Å². The van der Waals surface area contributed by atoms with Crippen LogP contribution in [0.3, 0.4) is 0 Å². The van der Waals surface area contributed by atoms with Crippen molar-refractivity contribution in [3.8, 4) is 0 Å². The second-order valence-corrected chi connectivity index (χ2v) is 2.98. The molecule has 68 valence electrons. The first-order valence-corrected chi connectivity index (χ1v) is 4.15. The van der Waals surface area contributed by atoms with Crippen molar-refractivity contribution in [2.45, 2.75) is 13.8 Å². The van der Waals surface area contributed by atoms with E-state index in [0.717, 1.165) is 11.1 Å². The highest BCUT2D eigenvalue weighted by Crippen LogP contribution is 2.16. The fourth-order valence-corrected chi connectivity index (χ4v) is 1.09. The standard InChI is InChI=1S/C11H13NO/c1-8(9(2)11(12)13)10-6-4-3-5-7-10/h3-7H,1-2H3,(H2,12,13)/b9-8-. The Labute approximate surface area is 78.1 Å². The first kappa shape index (κ1) is 9.52. The van der Waals surface area contributed by atoms with Crippen LogP contribution in [0, 0.1) is 0 Å². The van der Waals surface area contributed by atoms with Crippen LogP contribution in [0.4, 0.5) is 0 Å². The molecule has 2 nitrogen and oxygen atoms in total. The highest BCUT2D eigenvalue weighted by molar-refractivity contribution is 5.99. The minimum Gasteiger partial charge on any atom is -0.366 e. The normalized spacial score (nSPS) is 12.2. The zero-order chi connectivity index (χ0) is 9.84. The van der Waals surface area contributed by atoms with Gasteiger partial charge >= 0.3 is 0 Å². The van der Waals surface area contributed by atoms with E-state index >= 15 is 0 Å². The van der Waals surface area contributed by atoms with Gasteiger partial charge in [0.15, 0.2) is 0 Å². The SMILES string of the molecule is C/C(C(N)=O)=C(\C)c1ccccc1. The highest BCUT2D eigenvalue weighted by Gasteiger charge is 2.03. The largest absolute Gasteiger partial charge is 0.366 e. The van der Waals surface area contributed by atoms with Crippen molar-refractivity contribution in [1.82, 2.24) is 0 Å². The number of hydrogen-bond donors (Lipinski definition) is 1. The summed E-state index contributed by atoms with van der Waals surface area (Å²) in [6.45, 7) is 3.64. The minimum atomic E-state index is -0.360. The molecule has 0 saturated heterocycles. The maximum absolute atomic E-state index is 10.9. The lowest BCUT2D eigenvalue weighted by Gasteiger charge is -2.03. The number of amides is 1. The number of carbonyl (C=O) groups is 1. The van der Waals surface area contributed by atoms with Gasteiger partial charge in [0.2, 0.25) is 5.91 Å². The summed E-state index contributed by atoms with van der Waals surface area (Å²) >= 11 is 0. The minimum absolute atomic E-state index is 0.360. The van der Waals surface area contributed by atoms with Crippen molar-refractivity contribution in [1.29, 1.82) is 0 Å². The van der Waals surface area contributed by atoms with Gasteiger partial charge in [0.25, 0.3) is 0 Å². The van der Waals surface area contributed by atoms with Gasteiger partial charge in [-0.3, -0.25) is 4.79 Å². The molecular formula is C11H13NO. The Morgan fingerprint density at radius 2 is 1.69 bits per heavy atom. The third kappa shape index (κ3) is 2.18. The summed E-state index contributed by atoms with van der Waals surface area (Å²) in [5, 5.41) is 0. The molecule has 0 aliphatic rings. The summed E-state index contributed by atoms with van der Waals surface area (Å²) in [4.78, 5) is 10.9.